The molecule has 7 heteroatoms. The largest absolute Gasteiger partial charge is 0.329 e. The van der Waals surface area contributed by atoms with Crippen molar-refractivity contribution in [1.82, 2.24) is 15.1 Å². The number of likely N-dealkylation sites (tertiary alicyclic amines) is 1. The summed E-state index contributed by atoms with van der Waals surface area (Å²) in [6.07, 6.45) is 0. The van der Waals surface area contributed by atoms with Crippen LogP contribution in [0.2, 0.25) is 0 Å². The van der Waals surface area contributed by atoms with Crippen molar-refractivity contribution in [3.05, 3.63) is 29.3 Å². The van der Waals surface area contributed by atoms with E-state index in [0.717, 1.165) is 11.3 Å². The van der Waals surface area contributed by atoms with Crippen LogP contribution in [0.5, 0.6) is 0 Å². The monoisotopic (exact) mass is 302 g/mol. The number of rotatable bonds is 2. The molecule has 1 aromatic carbocycles. The number of amides is 5. The predicted molar refractivity (Wildman–Crippen MR) is 80.5 cm³/mol. The maximum Gasteiger partial charge on any atom is 0.324 e. The predicted octanol–water partition coefficient (Wildman–Crippen LogP) is 1.07. The Bertz CT molecular complexity index is 636. The summed E-state index contributed by atoms with van der Waals surface area (Å²) in [5.41, 5.74) is 3.02. The van der Waals surface area contributed by atoms with Crippen molar-refractivity contribution in [2.24, 2.45) is 0 Å². The third kappa shape index (κ3) is 2.49. The number of benzene rings is 1. The smallest absolute Gasteiger partial charge is 0.324 e. The number of hydrogen-bond acceptors (Lipinski definition) is 3. The van der Waals surface area contributed by atoms with Gasteiger partial charge in [-0.3, -0.25) is 9.69 Å². The molecule has 116 valence electrons. The number of carbonyl (C=O) groups excluding carboxylic acids is 3. The van der Waals surface area contributed by atoms with Crippen molar-refractivity contribution < 1.29 is 14.4 Å². The number of nitrogens with one attached hydrogen (secondary N) is 2. The zero-order valence-electron chi connectivity index (χ0n) is 12.5. The number of imide groups is 1. The van der Waals surface area contributed by atoms with E-state index in [0.29, 0.717) is 13.1 Å². The van der Waals surface area contributed by atoms with Gasteiger partial charge in [-0.15, -0.1) is 0 Å². The van der Waals surface area contributed by atoms with Gasteiger partial charge in [0.1, 0.15) is 0 Å². The highest BCUT2D eigenvalue weighted by molar-refractivity contribution is 6.02. The third-order valence-electron chi connectivity index (χ3n) is 4.15. The first kappa shape index (κ1) is 14.4. The maximum atomic E-state index is 12.1. The lowest BCUT2D eigenvalue weighted by Gasteiger charge is -2.42. The topological polar surface area (TPSA) is 81.8 Å². The summed E-state index contributed by atoms with van der Waals surface area (Å²) < 4.78 is 0. The van der Waals surface area contributed by atoms with Gasteiger partial charge >= 0.3 is 12.1 Å². The lowest BCUT2D eigenvalue weighted by Crippen LogP contribution is -2.63. The second kappa shape index (κ2) is 5.32. The summed E-state index contributed by atoms with van der Waals surface area (Å²) >= 11 is 0. The molecule has 0 aliphatic carbocycles. The fraction of sp³-hybridized carbons (Fsp3) is 0.400. The summed E-state index contributed by atoms with van der Waals surface area (Å²) in [7, 11) is 0. The highest BCUT2D eigenvalue weighted by atomic mass is 16.2. The van der Waals surface area contributed by atoms with Gasteiger partial charge in [-0.25, -0.2) is 9.59 Å². The van der Waals surface area contributed by atoms with E-state index in [2.05, 4.69) is 10.6 Å². The molecule has 1 aromatic rings. The molecule has 2 heterocycles. The highest BCUT2D eigenvalue weighted by Crippen LogP contribution is 2.20. The number of urea groups is 2. The normalized spacial score (nSPS) is 18.3. The van der Waals surface area contributed by atoms with Crippen LogP contribution in [0, 0.1) is 13.8 Å². The van der Waals surface area contributed by atoms with Crippen LogP contribution in [0.3, 0.4) is 0 Å². The molecule has 0 spiro atoms. The minimum absolute atomic E-state index is 0.0458. The van der Waals surface area contributed by atoms with Gasteiger partial charge in [-0.05, 0) is 37.1 Å². The molecule has 2 aliphatic rings. The van der Waals surface area contributed by atoms with Gasteiger partial charge in [0.05, 0.1) is 12.6 Å². The zero-order valence-corrected chi connectivity index (χ0v) is 12.5. The molecule has 0 atom stereocenters. The van der Waals surface area contributed by atoms with Crippen molar-refractivity contribution in [1.29, 1.82) is 0 Å². The summed E-state index contributed by atoms with van der Waals surface area (Å²) in [4.78, 5) is 38.0. The Morgan fingerprint density at radius 2 is 1.95 bits per heavy atom. The van der Waals surface area contributed by atoms with E-state index in [1.807, 2.05) is 32.0 Å². The molecule has 5 amide bonds. The van der Waals surface area contributed by atoms with Crippen LogP contribution in [-0.4, -0.2) is 53.4 Å². The molecule has 0 saturated carbocycles. The van der Waals surface area contributed by atoms with E-state index in [1.165, 1.54) is 10.5 Å². The second-order valence-electron chi connectivity index (χ2n) is 5.71. The standard InChI is InChI=1S/C15H18N4O3/c1-9-3-4-11(5-10(9)2)17-15(22)18-7-12(8-18)19-13(20)6-16-14(19)21/h3-5,12H,6-8H2,1-2H3,(H,16,21)(H,17,22). The van der Waals surface area contributed by atoms with E-state index < -0.39 is 0 Å². The molecule has 2 aliphatic heterocycles. The number of nitrogens with zero attached hydrogens (tertiary/aromatic N) is 2. The minimum atomic E-state index is -0.371. The first-order valence-corrected chi connectivity index (χ1v) is 7.19. The van der Waals surface area contributed by atoms with Gasteiger partial charge < -0.3 is 15.5 Å². The molecular weight excluding hydrogens is 284 g/mol. The Morgan fingerprint density at radius 3 is 2.55 bits per heavy atom. The molecule has 2 saturated heterocycles. The van der Waals surface area contributed by atoms with Gasteiger partial charge in [0.2, 0.25) is 5.91 Å². The summed E-state index contributed by atoms with van der Waals surface area (Å²) in [5, 5.41) is 5.31. The van der Waals surface area contributed by atoms with Gasteiger partial charge in [0.15, 0.2) is 0 Å². The SMILES string of the molecule is Cc1ccc(NC(=O)N2CC(N3C(=O)CNC3=O)C2)cc1C. The lowest BCUT2D eigenvalue weighted by atomic mass is 10.1. The second-order valence-corrected chi connectivity index (χ2v) is 5.71. The van der Waals surface area contributed by atoms with E-state index in [-0.39, 0.29) is 30.6 Å². The Morgan fingerprint density at radius 1 is 1.23 bits per heavy atom. The van der Waals surface area contributed by atoms with Crippen LogP contribution in [0.15, 0.2) is 18.2 Å². The molecule has 0 radical (unpaired) electrons. The van der Waals surface area contributed by atoms with Crippen molar-refractivity contribution >= 4 is 23.7 Å². The number of hydrogen-bond donors (Lipinski definition) is 2. The van der Waals surface area contributed by atoms with Gasteiger partial charge in [0.25, 0.3) is 0 Å². The van der Waals surface area contributed by atoms with E-state index in [4.69, 9.17) is 0 Å². The van der Waals surface area contributed by atoms with Crippen molar-refractivity contribution in [2.75, 3.05) is 25.0 Å². The number of anilines is 1. The van der Waals surface area contributed by atoms with Crippen molar-refractivity contribution in [3.63, 3.8) is 0 Å². The van der Waals surface area contributed by atoms with Crippen LogP contribution in [0.4, 0.5) is 15.3 Å². The molecule has 0 bridgehead atoms. The van der Waals surface area contributed by atoms with Gasteiger partial charge in [-0.1, -0.05) is 6.07 Å². The average molecular weight is 302 g/mol. The van der Waals surface area contributed by atoms with Gasteiger partial charge in [-0.2, -0.15) is 0 Å². The van der Waals surface area contributed by atoms with E-state index in [9.17, 15) is 14.4 Å². The molecule has 3 rings (SSSR count). The van der Waals surface area contributed by atoms with Crippen LogP contribution in [0.25, 0.3) is 0 Å². The van der Waals surface area contributed by atoms with E-state index in [1.54, 1.807) is 4.90 Å². The quantitative estimate of drug-likeness (QED) is 0.802. The first-order chi connectivity index (χ1) is 10.5. The molecule has 0 unspecified atom stereocenters. The van der Waals surface area contributed by atoms with Gasteiger partial charge in [0, 0.05) is 18.8 Å². The number of carbonyl (C=O) groups is 3. The Hall–Kier alpha value is -2.57. The van der Waals surface area contributed by atoms with Crippen LogP contribution < -0.4 is 10.6 Å². The highest BCUT2D eigenvalue weighted by Gasteiger charge is 2.42. The van der Waals surface area contributed by atoms with Crippen LogP contribution >= 0.6 is 0 Å². The molecule has 22 heavy (non-hydrogen) atoms. The Kier molecular flexibility index (Phi) is 3.48. The third-order valence-corrected chi connectivity index (χ3v) is 4.15. The molecule has 2 N–H and O–H groups in total. The van der Waals surface area contributed by atoms with Crippen LogP contribution in [-0.2, 0) is 4.79 Å². The zero-order chi connectivity index (χ0) is 15.9. The molecule has 7 nitrogen and oxygen atoms in total. The fourth-order valence-electron chi connectivity index (χ4n) is 2.61. The van der Waals surface area contributed by atoms with Crippen molar-refractivity contribution in [3.8, 4) is 0 Å². The summed E-state index contributed by atoms with van der Waals surface area (Å²) in [6, 6.07) is 4.92. The first-order valence-electron chi connectivity index (χ1n) is 7.19. The van der Waals surface area contributed by atoms with Crippen LogP contribution in [0.1, 0.15) is 11.1 Å². The number of aryl methyl sites for hydroxylation is 2. The molecular formula is C15H18N4O3. The van der Waals surface area contributed by atoms with Crippen molar-refractivity contribution in [2.45, 2.75) is 19.9 Å². The summed E-state index contributed by atoms with van der Waals surface area (Å²) in [5.74, 6) is -0.232. The average Bonchev–Trinajstić information content (AvgIpc) is 2.73. The Labute approximate surface area is 128 Å². The maximum absolute atomic E-state index is 12.1. The fourth-order valence-corrected chi connectivity index (χ4v) is 2.61. The molecule has 0 aromatic heterocycles. The Balaban J connectivity index is 1.56. The van der Waals surface area contributed by atoms with E-state index >= 15 is 0 Å². The molecule has 2 fully saturated rings. The lowest BCUT2D eigenvalue weighted by molar-refractivity contribution is -0.128. The summed E-state index contributed by atoms with van der Waals surface area (Å²) in [6.45, 7) is 4.79. The minimum Gasteiger partial charge on any atom is -0.329 e.